The molecule has 0 amide bonds. The Balaban J connectivity index is 1.84. The summed E-state index contributed by atoms with van der Waals surface area (Å²) in [6.45, 7) is -1.13. The zero-order valence-electron chi connectivity index (χ0n) is 14.0. The van der Waals surface area contributed by atoms with Gasteiger partial charge in [-0.15, -0.1) is 0 Å². The predicted octanol–water partition coefficient (Wildman–Crippen LogP) is -3.35. The van der Waals surface area contributed by atoms with Crippen LogP contribution in [0.3, 0.4) is 0 Å². The predicted molar refractivity (Wildman–Crippen MR) is 83.6 cm³/mol. The second-order valence-corrected chi connectivity index (χ2v) is 6.66. The maximum Gasteiger partial charge on any atom is 0.335 e. The first-order chi connectivity index (χ1) is 12.8. The van der Waals surface area contributed by atoms with Gasteiger partial charge in [0.15, 0.2) is 6.29 Å². The number of carboxylic acids is 1. The number of hydrogen-bond donors (Lipinski definition) is 7. The molecule has 0 bridgehead atoms. The quantitative estimate of drug-likeness (QED) is 0.233. The Morgan fingerprint density at radius 1 is 1.04 bits per heavy atom. The van der Waals surface area contributed by atoms with Crippen LogP contribution in [-0.2, 0) is 19.0 Å². The number of fused-ring (bicyclic) bond motifs is 1. The number of aliphatic hydroxyl groups is 6. The lowest BCUT2D eigenvalue weighted by Crippen LogP contribution is -2.60. The molecule has 11 nitrogen and oxygen atoms in total. The van der Waals surface area contributed by atoms with Crippen molar-refractivity contribution in [1.82, 2.24) is 0 Å². The van der Waals surface area contributed by atoms with Crippen molar-refractivity contribution in [2.45, 2.75) is 43.1 Å². The first-order valence-corrected chi connectivity index (χ1v) is 8.34. The van der Waals surface area contributed by atoms with Crippen molar-refractivity contribution in [1.29, 1.82) is 0 Å². The first kappa shape index (κ1) is 20.2. The number of carbonyl (C=O) groups is 1. The fourth-order valence-electron chi connectivity index (χ4n) is 3.68. The summed E-state index contributed by atoms with van der Waals surface area (Å²) in [5.74, 6) is -3.13. The highest BCUT2D eigenvalue weighted by atomic mass is 16.8. The van der Waals surface area contributed by atoms with Gasteiger partial charge in [-0.2, -0.15) is 0 Å². The molecule has 0 radical (unpaired) electrons. The van der Waals surface area contributed by atoms with Crippen molar-refractivity contribution >= 4 is 5.97 Å². The van der Waals surface area contributed by atoms with E-state index in [0.717, 1.165) is 6.26 Å². The summed E-state index contributed by atoms with van der Waals surface area (Å²) in [5, 5.41) is 68.0. The largest absolute Gasteiger partial charge is 0.478 e. The third-order valence-corrected chi connectivity index (χ3v) is 5.10. The number of ether oxygens (including phenoxy) is 3. The van der Waals surface area contributed by atoms with E-state index < -0.39 is 74.1 Å². The zero-order valence-corrected chi connectivity index (χ0v) is 14.0. The molecule has 1 fully saturated rings. The summed E-state index contributed by atoms with van der Waals surface area (Å²) >= 11 is 0. The number of aliphatic hydroxyl groups excluding tert-OH is 6. The van der Waals surface area contributed by atoms with E-state index >= 15 is 0 Å². The standard InChI is InChI=1S/C16H22O11/c17-2-5-1-7(19)10-6(14(23)24)4-25-15(9(5)10)27-16-13(22)12(21)11(20)8(3-18)26-16/h1,4,7-13,15-22H,2-3H2,(H,23,24)/t7-,8+,9+,10-,11+,12-,13-,15-,16-/m0/s1. The lowest BCUT2D eigenvalue weighted by molar-refractivity contribution is -0.340. The van der Waals surface area contributed by atoms with Gasteiger partial charge in [-0.05, 0) is 5.57 Å². The third kappa shape index (κ3) is 3.48. The fourth-order valence-corrected chi connectivity index (χ4v) is 3.68. The molecule has 0 saturated carbocycles. The summed E-state index contributed by atoms with van der Waals surface area (Å²) in [6, 6.07) is 0. The zero-order chi connectivity index (χ0) is 19.9. The maximum atomic E-state index is 11.4. The summed E-state index contributed by atoms with van der Waals surface area (Å²) in [7, 11) is 0. The number of hydrogen-bond acceptors (Lipinski definition) is 10. The molecule has 2 aliphatic heterocycles. The van der Waals surface area contributed by atoms with Gasteiger partial charge in [0.2, 0.25) is 6.29 Å². The summed E-state index contributed by atoms with van der Waals surface area (Å²) < 4.78 is 16.1. The van der Waals surface area contributed by atoms with Gasteiger partial charge in [-0.1, -0.05) is 6.08 Å². The van der Waals surface area contributed by atoms with Crippen LogP contribution in [0.25, 0.3) is 0 Å². The van der Waals surface area contributed by atoms with E-state index in [1.165, 1.54) is 6.08 Å². The second kappa shape index (κ2) is 7.81. The lowest BCUT2D eigenvalue weighted by Gasteiger charge is -2.43. The molecule has 0 aromatic rings. The van der Waals surface area contributed by atoms with E-state index in [-0.39, 0.29) is 11.1 Å². The molecule has 1 aliphatic carbocycles. The van der Waals surface area contributed by atoms with E-state index in [9.17, 15) is 40.5 Å². The van der Waals surface area contributed by atoms with Gasteiger partial charge in [0, 0.05) is 5.92 Å². The number of carboxylic acid groups (broad SMARTS) is 1. The average Bonchev–Trinajstić information content (AvgIpc) is 2.99. The Kier molecular flexibility index (Phi) is 5.84. The summed E-state index contributed by atoms with van der Waals surface area (Å²) in [6.07, 6.45) is -7.83. The van der Waals surface area contributed by atoms with Crippen molar-refractivity contribution in [3.8, 4) is 0 Å². The molecule has 152 valence electrons. The molecule has 0 unspecified atom stereocenters. The fraction of sp³-hybridized carbons (Fsp3) is 0.688. The van der Waals surface area contributed by atoms with Crippen LogP contribution in [0.4, 0.5) is 0 Å². The molecular formula is C16H22O11. The van der Waals surface area contributed by atoms with Crippen molar-refractivity contribution in [3.05, 3.63) is 23.5 Å². The van der Waals surface area contributed by atoms with Gasteiger partial charge in [-0.25, -0.2) is 4.79 Å². The maximum absolute atomic E-state index is 11.4. The molecule has 1 saturated heterocycles. The number of rotatable bonds is 5. The number of aliphatic carboxylic acids is 1. The Labute approximate surface area is 153 Å². The normalized spacial score (nSPS) is 44.1. The highest BCUT2D eigenvalue weighted by molar-refractivity contribution is 5.87. The van der Waals surface area contributed by atoms with E-state index in [1.54, 1.807) is 0 Å². The molecular weight excluding hydrogens is 368 g/mol. The van der Waals surface area contributed by atoms with Crippen LogP contribution in [-0.4, -0.2) is 98.0 Å². The van der Waals surface area contributed by atoms with Crippen molar-refractivity contribution < 1.29 is 54.8 Å². The highest BCUT2D eigenvalue weighted by Gasteiger charge is 2.51. The summed E-state index contributed by atoms with van der Waals surface area (Å²) in [4.78, 5) is 11.4. The van der Waals surface area contributed by atoms with Crippen LogP contribution in [0.5, 0.6) is 0 Å². The molecule has 2 heterocycles. The Morgan fingerprint density at radius 3 is 2.33 bits per heavy atom. The summed E-state index contributed by atoms with van der Waals surface area (Å²) in [5.41, 5.74) is 0.0785. The molecule has 27 heavy (non-hydrogen) atoms. The van der Waals surface area contributed by atoms with Crippen LogP contribution in [0, 0.1) is 11.8 Å². The Bertz CT molecular complexity index is 630. The minimum absolute atomic E-state index is 0.208. The topological polar surface area (TPSA) is 186 Å². The Morgan fingerprint density at radius 2 is 1.74 bits per heavy atom. The SMILES string of the molecule is O=C(O)C1=CO[C@@H](O[C@@H]2O[C@H](CO)[C@@H](O)[C@H](O)[C@@H]2O)[C@@H]2C(CO)=C[C@H](O)[C@H]12. The lowest BCUT2D eigenvalue weighted by atomic mass is 9.82. The van der Waals surface area contributed by atoms with Gasteiger partial charge in [-0.3, -0.25) is 0 Å². The molecule has 11 heteroatoms. The second-order valence-electron chi connectivity index (χ2n) is 6.66. The van der Waals surface area contributed by atoms with Gasteiger partial charge < -0.3 is 50.0 Å². The first-order valence-electron chi connectivity index (χ1n) is 8.34. The molecule has 3 aliphatic rings. The molecule has 3 rings (SSSR count). The van der Waals surface area contributed by atoms with Gasteiger partial charge in [0.25, 0.3) is 0 Å². The van der Waals surface area contributed by atoms with Crippen molar-refractivity contribution in [3.63, 3.8) is 0 Å². The van der Waals surface area contributed by atoms with E-state index in [4.69, 9.17) is 14.2 Å². The van der Waals surface area contributed by atoms with Gasteiger partial charge >= 0.3 is 5.97 Å². The van der Waals surface area contributed by atoms with E-state index in [2.05, 4.69) is 0 Å². The highest BCUT2D eigenvalue weighted by Crippen LogP contribution is 2.44. The molecule has 9 atom stereocenters. The third-order valence-electron chi connectivity index (χ3n) is 5.10. The van der Waals surface area contributed by atoms with Crippen LogP contribution in [0.15, 0.2) is 23.5 Å². The smallest absolute Gasteiger partial charge is 0.335 e. The van der Waals surface area contributed by atoms with Crippen LogP contribution >= 0.6 is 0 Å². The molecule has 0 spiro atoms. The van der Waals surface area contributed by atoms with E-state index in [0.29, 0.717) is 0 Å². The minimum atomic E-state index is -1.68. The van der Waals surface area contributed by atoms with Crippen LogP contribution in [0.1, 0.15) is 0 Å². The molecule has 0 aromatic carbocycles. The van der Waals surface area contributed by atoms with Crippen LogP contribution < -0.4 is 0 Å². The van der Waals surface area contributed by atoms with Gasteiger partial charge in [0.1, 0.15) is 24.4 Å². The van der Waals surface area contributed by atoms with E-state index in [1.807, 2.05) is 0 Å². The van der Waals surface area contributed by atoms with Crippen molar-refractivity contribution in [2.75, 3.05) is 13.2 Å². The minimum Gasteiger partial charge on any atom is -0.478 e. The van der Waals surface area contributed by atoms with Gasteiger partial charge in [0.05, 0.1) is 37.1 Å². The molecule has 7 N–H and O–H groups in total. The monoisotopic (exact) mass is 390 g/mol. The Hall–Kier alpha value is -1.57. The van der Waals surface area contributed by atoms with Crippen molar-refractivity contribution in [2.24, 2.45) is 11.8 Å². The molecule has 0 aromatic heterocycles. The van der Waals surface area contributed by atoms with Crippen LogP contribution in [0.2, 0.25) is 0 Å². The average molecular weight is 390 g/mol.